The standard InChI is InChI=1S/C13H16N4O2/c1-10-9-12(16-19-10)15-13(18)17(2)8-5-11-3-6-14-7-4-11/h3-4,6-7,9H,5,8H2,1-2H3,(H,15,16,18). The van der Waals surface area contributed by atoms with Crippen LogP contribution in [0.5, 0.6) is 0 Å². The van der Waals surface area contributed by atoms with E-state index in [1.54, 1.807) is 37.3 Å². The summed E-state index contributed by atoms with van der Waals surface area (Å²) in [5.74, 6) is 1.09. The van der Waals surface area contributed by atoms with Gasteiger partial charge in [0.1, 0.15) is 5.76 Å². The third kappa shape index (κ3) is 3.80. The minimum Gasteiger partial charge on any atom is -0.360 e. The van der Waals surface area contributed by atoms with E-state index in [4.69, 9.17) is 4.52 Å². The average Bonchev–Trinajstić information content (AvgIpc) is 2.82. The van der Waals surface area contributed by atoms with Crippen LogP contribution in [0.3, 0.4) is 0 Å². The molecule has 0 aromatic carbocycles. The maximum Gasteiger partial charge on any atom is 0.322 e. The summed E-state index contributed by atoms with van der Waals surface area (Å²) in [5.41, 5.74) is 1.15. The van der Waals surface area contributed by atoms with Crippen molar-refractivity contribution >= 4 is 11.8 Å². The van der Waals surface area contributed by atoms with Crippen LogP contribution in [0.1, 0.15) is 11.3 Å². The summed E-state index contributed by atoms with van der Waals surface area (Å²) in [6, 6.07) is 5.34. The van der Waals surface area contributed by atoms with Crippen molar-refractivity contribution in [3.05, 3.63) is 41.9 Å². The van der Waals surface area contributed by atoms with Gasteiger partial charge in [0.25, 0.3) is 0 Å². The van der Waals surface area contributed by atoms with Crippen molar-refractivity contribution in [2.45, 2.75) is 13.3 Å². The normalized spacial score (nSPS) is 10.2. The van der Waals surface area contributed by atoms with E-state index in [0.29, 0.717) is 18.1 Å². The molecule has 2 heterocycles. The van der Waals surface area contributed by atoms with E-state index >= 15 is 0 Å². The quantitative estimate of drug-likeness (QED) is 0.913. The number of rotatable bonds is 4. The average molecular weight is 260 g/mol. The Morgan fingerprint density at radius 2 is 2.16 bits per heavy atom. The molecule has 2 rings (SSSR count). The molecule has 0 aliphatic rings. The summed E-state index contributed by atoms with van der Waals surface area (Å²) >= 11 is 0. The molecule has 6 heteroatoms. The number of nitrogens with one attached hydrogen (secondary N) is 1. The van der Waals surface area contributed by atoms with Gasteiger partial charge in [-0.1, -0.05) is 5.16 Å². The van der Waals surface area contributed by atoms with Crippen LogP contribution in [0.2, 0.25) is 0 Å². The van der Waals surface area contributed by atoms with Crippen molar-refractivity contribution in [2.24, 2.45) is 0 Å². The van der Waals surface area contributed by atoms with E-state index < -0.39 is 0 Å². The minimum absolute atomic E-state index is 0.206. The first-order valence-corrected chi connectivity index (χ1v) is 5.99. The van der Waals surface area contributed by atoms with E-state index in [2.05, 4.69) is 15.5 Å². The van der Waals surface area contributed by atoms with Crippen LogP contribution in [-0.4, -0.2) is 34.7 Å². The number of urea groups is 1. The first kappa shape index (κ1) is 13.1. The van der Waals surface area contributed by atoms with Crippen LogP contribution >= 0.6 is 0 Å². The third-order valence-corrected chi connectivity index (χ3v) is 2.69. The number of aryl methyl sites for hydroxylation is 1. The maximum atomic E-state index is 11.9. The Hall–Kier alpha value is -2.37. The predicted octanol–water partition coefficient (Wildman–Crippen LogP) is 2.08. The zero-order valence-corrected chi connectivity index (χ0v) is 11.0. The number of hydrogen-bond donors (Lipinski definition) is 1. The lowest BCUT2D eigenvalue weighted by Gasteiger charge is -2.16. The molecule has 0 saturated carbocycles. The first-order valence-electron chi connectivity index (χ1n) is 5.99. The van der Waals surface area contributed by atoms with Gasteiger partial charge in [-0.05, 0) is 31.0 Å². The lowest BCUT2D eigenvalue weighted by molar-refractivity contribution is 0.222. The molecule has 0 aliphatic carbocycles. The summed E-state index contributed by atoms with van der Waals surface area (Å²) < 4.78 is 4.88. The van der Waals surface area contributed by atoms with Crippen molar-refractivity contribution in [1.29, 1.82) is 0 Å². The summed E-state index contributed by atoms with van der Waals surface area (Å²) in [7, 11) is 1.74. The molecular weight excluding hydrogens is 244 g/mol. The lowest BCUT2D eigenvalue weighted by Crippen LogP contribution is -2.33. The number of aromatic nitrogens is 2. The molecule has 0 spiro atoms. The monoisotopic (exact) mass is 260 g/mol. The molecule has 2 aromatic rings. The molecular formula is C13H16N4O2. The fourth-order valence-electron chi connectivity index (χ4n) is 1.58. The van der Waals surface area contributed by atoms with Crippen molar-refractivity contribution in [1.82, 2.24) is 15.0 Å². The molecule has 6 nitrogen and oxygen atoms in total. The molecule has 0 unspecified atom stereocenters. The fourth-order valence-corrected chi connectivity index (χ4v) is 1.58. The molecule has 0 atom stereocenters. The van der Waals surface area contributed by atoms with Gasteiger partial charge in [0.2, 0.25) is 0 Å². The molecule has 2 aromatic heterocycles. The van der Waals surface area contributed by atoms with E-state index in [-0.39, 0.29) is 6.03 Å². The van der Waals surface area contributed by atoms with Gasteiger partial charge in [-0.2, -0.15) is 0 Å². The third-order valence-electron chi connectivity index (χ3n) is 2.69. The molecule has 0 saturated heterocycles. The van der Waals surface area contributed by atoms with Crippen LogP contribution in [-0.2, 0) is 6.42 Å². The van der Waals surface area contributed by atoms with Crippen molar-refractivity contribution in [2.75, 3.05) is 18.9 Å². The van der Waals surface area contributed by atoms with Crippen molar-refractivity contribution in [3.8, 4) is 0 Å². The number of likely N-dealkylation sites (N-methyl/N-ethyl adjacent to an activating group) is 1. The highest BCUT2D eigenvalue weighted by molar-refractivity contribution is 5.88. The Balaban J connectivity index is 1.82. The number of anilines is 1. The number of carbonyl (C=O) groups excluding carboxylic acids is 1. The fraction of sp³-hybridized carbons (Fsp3) is 0.308. The number of amides is 2. The number of hydrogen-bond acceptors (Lipinski definition) is 4. The number of pyridine rings is 1. The Bertz CT molecular complexity index is 539. The molecule has 100 valence electrons. The van der Waals surface area contributed by atoms with Crippen molar-refractivity contribution in [3.63, 3.8) is 0 Å². The largest absolute Gasteiger partial charge is 0.360 e. The highest BCUT2D eigenvalue weighted by Gasteiger charge is 2.10. The second-order valence-electron chi connectivity index (χ2n) is 4.28. The van der Waals surface area contributed by atoms with Gasteiger partial charge < -0.3 is 9.42 Å². The van der Waals surface area contributed by atoms with Gasteiger partial charge in [0, 0.05) is 32.1 Å². The Kier molecular flexibility index (Phi) is 4.12. The van der Waals surface area contributed by atoms with Gasteiger partial charge in [-0.3, -0.25) is 10.3 Å². The minimum atomic E-state index is -0.206. The SMILES string of the molecule is Cc1cc(NC(=O)N(C)CCc2ccncc2)no1. The summed E-state index contributed by atoms with van der Waals surface area (Å²) in [5, 5.41) is 6.38. The van der Waals surface area contributed by atoms with Crippen LogP contribution in [0.25, 0.3) is 0 Å². The number of nitrogens with zero attached hydrogens (tertiary/aromatic N) is 3. The lowest BCUT2D eigenvalue weighted by atomic mass is 10.2. The van der Waals surface area contributed by atoms with Crippen LogP contribution in [0.15, 0.2) is 35.1 Å². The first-order chi connectivity index (χ1) is 9.15. The second-order valence-corrected chi connectivity index (χ2v) is 4.28. The van der Waals surface area contributed by atoms with Gasteiger partial charge in [-0.15, -0.1) is 0 Å². The van der Waals surface area contributed by atoms with E-state index in [0.717, 1.165) is 12.0 Å². The zero-order chi connectivity index (χ0) is 13.7. The van der Waals surface area contributed by atoms with Gasteiger partial charge in [-0.25, -0.2) is 4.79 Å². The summed E-state index contributed by atoms with van der Waals surface area (Å²) in [6.07, 6.45) is 4.27. The highest BCUT2D eigenvalue weighted by atomic mass is 16.5. The smallest absolute Gasteiger partial charge is 0.322 e. The van der Waals surface area contributed by atoms with Crippen LogP contribution in [0, 0.1) is 6.92 Å². The Labute approximate surface area is 111 Å². The Morgan fingerprint density at radius 1 is 1.42 bits per heavy atom. The molecule has 2 amide bonds. The van der Waals surface area contributed by atoms with Crippen LogP contribution in [0.4, 0.5) is 10.6 Å². The number of carbonyl (C=O) groups is 1. The molecule has 0 fully saturated rings. The summed E-state index contributed by atoms with van der Waals surface area (Å²) in [6.45, 7) is 2.39. The van der Waals surface area contributed by atoms with Gasteiger partial charge in [0.15, 0.2) is 5.82 Å². The predicted molar refractivity (Wildman–Crippen MR) is 70.8 cm³/mol. The van der Waals surface area contributed by atoms with E-state index in [9.17, 15) is 4.79 Å². The topological polar surface area (TPSA) is 71.3 Å². The van der Waals surface area contributed by atoms with E-state index in [1.165, 1.54) is 0 Å². The molecule has 0 bridgehead atoms. The highest BCUT2D eigenvalue weighted by Crippen LogP contribution is 2.08. The zero-order valence-electron chi connectivity index (χ0n) is 11.0. The van der Waals surface area contributed by atoms with Gasteiger partial charge >= 0.3 is 6.03 Å². The van der Waals surface area contributed by atoms with Crippen molar-refractivity contribution < 1.29 is 9.32 Å². The molecule has 0 aliphatic heterocycles. The molecule has 1 N–H and O–H groups in total. The van der Waals surface area contributed by atoms with Crippen LogP contribution < -0.4 is 5.32 Å². The van der Waals surface area contributed by atoms with E-state index in [1.807, 2.05) is 12.1 Å². The second kappa shape index (κ2) is 5.99. The maximum absolute atomic E-state index is 11.9. The Morgan fingerprint density at radius 3 is 2.79 bits per heavy atom. The molecule has 0 radical (unpaired) electrons. The van der Waals surface area contributed by atoms with Gasteiger partial charge in [0.05, 0.1) is 0 Å². The summed E-state index contributed by atoms with van der Waals surface area (Å²) in [4.78, 5) is 17.4. The molecule has 19 heavy (non-hydrogen) atoms.